The Labute approximate surface area is 110 Å². The fourth-order valence-corrected chi connectivity index (χ4v) is 1.48. The van der Waals surface area contributed by atoms with Crippen LogP contribution < -0.4 is 4.74 Å². The number of carbonyl (C=O) groups is 1. The van der Waals surface area contributed by atoms with Crippen molar-refractivity contribution < 1.29 is 18.7 Å². The largest absolute Gasteiger partial charge is 0.497 e. The first kappa shape index (κ1) is 13.1. The first-order valence-corrected chi connectivity index (χ1v) is 5.75. The normalized spacial score (nSPS) is 11.9. The molecule has 2 aromatic rings. The molecule has 0 aliphatic heterocycles. The van der Waals surface area contributed by atoms with Crippen LogP contribution in [0.4, 0.5) is 0 Å². The molecule has 0 amide bonds. The summed E-state index contributed by atoms with van der Waals surface area (Å²) in [4.78, 5) is 11.9. The van der Waals surface area contributed by atoms with E-state index in [9.17, 15) is 4.79 Å². The Morgan fingerprint density at radius 1 is 1.26 bits per heavy atom. The van der Waals surface area contributed by atoms with E-state index in [0.29, 0.717) is 17.2 Å². The van der Waals surface area contributed by atoms with Gasteiger partial charge in [-0.25, -0.2) is 4.79 Å². The second-order valence-electron chi connectivity index (χ2n) is 3.94. The molecule has 19 heavy (non-hydrogen) atoms. The highest BCUT2D eigenvalue weighted by atomic mass is 16.6. The standard InChI is InChI=1S/C13H14N2O4/c1-8(12-15-14-9(2)19-12)18-13(16)10-4-6-11(17-3)7-5-10/h4-8H,1-3H3. The van der Waals surface area contributed by atoms with Crippen molar-refractivity contribution in [2.45, 2.75) is 20.0 Å². The zero-order valence-electron chi connectivity index (χ0n) is 10.9. The van der Waals surface area contributed by atoms with Gasteiger partial charge in [0.25, 0.3) is 5.89 Å². The maximum absolute atomic E-state index is 11.9. The number of hydrogen-bond acceptors (Lipinski definition) is 6. The number of methoxy groups -OCH3 is 1. The van der Waals surface area contributed by atoms with E-state index in [1.165, 1.54) is 0 Å². The molecular formula is C13H14N2O4. The van der Waals surface area contributed by atoms with Crippen molar-refractivity contribution in [3.05, 3.63) is 41.6 Å². The van der Waals surface area contributed by atoms with Crippen molar-refractivity contribution in [2.75, 3.05) is 7.11 Å². The van der Waals surface area contributed by atoms with Crippen LogP contribution >= 0.6 is 0 Å². The molecule has 1 heterocycles. The summed E-state index contributed by atoms with van der Waals surface area (Å²) in [7, 11) is 1.56. The molecule has 0 fully saturated rings. The Bertz CT molecular complexity index is 562. The Kier molecular flexibility index (Phi) is 3.79. The molecular weight excluding hydrogens is 248 g/mol. The fraction of sp³-hybridized carbons (Fsp3) is 0.308. The third-order valence-corrected chi connectivity index (χ3v) is 2.50. The average molecular weight is 262 g/mol. The summed E-state index contributed by atoms with van der Waals surface area (Å²) in [5, 5.41) is 7.49. The van der Waals surface area contributed by atoms with Crippen LogP contribution in [0.1, 0.15) is 35.2 Å². The molecule has 0 saturated carbocycles. The molecule has 0 bridgehead atoms. The Morgan fingerprint density at radius 3 is 2.47 bits per heavy atom. The van der Waals surface area contributed by atoms with Crippen LogP contribution in [0, 0.1) is 6.92 Å². The van der Waals surface area contributed by atoms with Gasteiger partial charge in [-0.15, -0.1) is 10.2 Å². The third kappa shape index (κ3) is 3.09. The van der Waals surface area contributed by atoms with E-state index in [1.807, 2.05) is 0 Å². The van der Waals surface area contributed by atoms with Crippen LogP contribution in [0.2, 0.25) is 0 Å². The average Bonchev–Trinajstić information content (AvgIpc) is 2.85. The lowest BCUT2D eigenvalue weighted by atomic mass is 10.2. The van der Waals surface area contributed by atoms with Crippen LogP contribution in [0.5, 0.6) is 5.75 Å². The Hall–Kier alpha value is -2.37. The number of benzene rings is 1. The van der Waals surface area contributed by atoms with Crippen LogP contribution in [-0.2, 0) is 4.74 Å². The molecule has 0 radical (unpaired) electrons. The molecule has 1 aromatic heterocycles. The van der Waals surface area contributed by atoms with Gasteiger partial charge in [-0.3, -0.25) is 0 Å². The number of nitrogens with zero attached hydrogens (tertiary/aromatic N) is 2. The fourth-order valence-electron chi connectivity index (χ4n) is 1.48. The molecule has 0 N–H and O–H groups in total. The quantitative estimate of drug-likeness (QED) is 0.787. The predicted octanol–water partition coefficient (Wildman–Crippen LogP) is 2.30. The lowest BCUT2D eigenvalue weighted by Gasteiger charge is -2.09. The van der Waals surface area contributed by atoms with Crippen molar-refractivity contribution in [3.8, 4) is 5.75 Å². The van der Waals surface area contributed by atoms with E-state index in [2.05, 4.69) is 10.2 Å². The number of hydrogen-bond donors (Lipinski definition) is 0. The molecule has 1 unspecified atom stereocenters. The number of carbonyl (C=O) groups excluding carboxylic acids is 1. The SMILES string of the molecule is COc1ccc(C(=O)OC(C)c2nnc(C)o2)cc1. The first-order chi connectivity index (χ1) is 9.10. The maximum atomic E-state index is 11.9. The highest BCUT2D eigenvalue weighted by molar-refractivity contribution is 5.89. The molecule has 0 aliphatic rings. The van der Waals surface area contributed by atoms with E-state index in [4.69, 9.17) is 13.9 Å². The molecule has 6 heteroatoms. The molecule has 1 atom stereocenters. The van der Waals surface area contributed by atoms with Gasteiger partial charge in [0, 0.05) is 6.92 Å². The smallest absolute Gasteiger partial charge is 0.338 e. The number of rotatable bonds is 4. The van der Waals surface area contributed by atoms with Crippen LogP contribution in [0.25, 0.3) is 0 Å². The topological polar surface area (TPSA) is 74.5 Å². The van der Waals surface area contributed by atoms with E-state index < -0.39 is 12.1 Å². The molecule has 100 valence electrons. The van der Waals surface area contributed by atoms with Gasteiger partial charge in [-0.2, -0.15) is 0 Å². The molecule has 0 spiro atoms. The van der Waals surface area contributed by atoms with Gasteiger partial charge in [0.2, 0.25) is 5.89 Å². The number of esters is 1. The summed E-state index contributed by atoms with van der Waals surface area (Å²) >= 11 is 0. The van der Waals surface area contributed by atoms with E-state index in [-0.39, 0.29) is 5.89 Å². The van der Waals surface area contributed by atoms with E-state index in [1.54, 1.807) is 45.2 Å². The zero-order chi connectivity index (χ0) is 13.8. The minimum atomic E-state index is -0.587. The summed E-state index contributed by atoms with van der Waals surface area (Å²) in [6.45, 7) is 3.35. The molecule has 6 nitrogen and oxygen atoms in total. The number of ether oxygens (including phenoxy) is 2. The zero-order valence-corrected chi connectivity index (χ0v) is 10.9. The minimum absolute atomic E-state index is 0.277. The monoisotopic (exact) mass is 262 g/mol. The lowest BCUT2D eigenvalue weighted by Crippen LogP contribution is -2.09. The van der Waals surface area contributed by atoms with Crippen molar-refractivity contribution in [1.82, 2.24) is 10.2 Å². The van der Waals surface area contributed by atoms with Crippen molar-refractivity contribution >= 4 is 5.97 Å². The lowest BCUT2D eigenvalue weighted by molar-refractivity contribution is 0.0277. The highest BCUT2D eigenvalue weighted by Gasteiger charge is 2.18. The number of aromatic nitrogens is 2. The van der Waals surface area contributed by atoms with Crippen LogP contribution in [-0.4, -0.2) is 23.3 Å². The predicted molar refractivity (Wildman–Crippen MR) is 65.9 cm³/mol. The number of aryl methyl sites for hydroxylation is 1. The van der Waals surface area contributed by atoms with Crippen molar-refractivity contribution in [1.29, 1.82) is 0 Å². The molecule has 1 aromatic carbocycles. The van der Waals surface area contributed by atoms with Gasteiger partial charge < -0.3 is 13.9 Å². The molecule has 2 rings (SSSR count). The second kappa shape index (κ2) is 5.51. The Balaban J connectivity index is 2.03. The molecule has 0 saturated heterocycles. The highest BCUT2D eigenvalue weighted by Crippen LogP contribution is 2.18. The van der Waals surface area contributed by atoms with Gasteiger partial charge in [-0.1, -0.05) is 0 Å². The summed E-state index contributed by atoms with van der Waals surface area (Å²) in [5.74, 6) is 0.935. The first-order valence-electron chi connectivity index (χ1n) is 5.75. The maximum Gasteiger partial charge on any atom is 0.338 e. The van der Waals surface area contributed by atoms with E-state index in [0.717, 1.165) is 0 Å². The second-order valence-corrected chi connectivity index (χ2v) is 3.94. The van der Waals surface area contributed by atoms with E-state index >= 15 is 0 Å². The summed E-state index contributed by atoms with van der Waals surface area (Å²) in [5.41, 5.74) is 0.434. The van der Waals surface area contributed by atoms with Crippen LogP contribution in [0.15, 0.2) is 28.7 Å². The summed E-state index contributed by atoms with van der Waals surface area (Å²) in [6.07, 6.45) is -0.587. The van der Waals surface area contributed by atoms with Gasteiger partial charge in [0.1, 0.15) is 5.75 Å². The minimum Gasteiger partial charge on any atom is -0.497 e. The van der Waals surface area contributed by atoms with Gasteiger partial charge >= 0.3 is 5.97 Å². The van der Waals surface area contributed by atoms with Crippen LogP contribution in [0.3, 0.4) is 0 Å². The van der Waals surface area contributed by atoms with Gasteiger partial charge in [0.15, 0.2) is 6.10 Å². The van der Waals surface area contributed by atoms with Crippen molar-refractivity contribution in [3.63, 3.8) is 0 Å². The Morgan fingerprint density at radius 2 is 1.95 bits per heavy atom. The van der Waals surface area contributed by atoms with Gasteiger partial charge in [-0.05, 0) is 31.2 Å². The van der Waals surface area contributed by atoms with Crippen molar-refractivity contribution in [2.24, 2.45) is 0 Å². The third-order valence-electron chi connectivity index (χ3n) is 2.50. The van der Waals surface area contributed by atoms with Gasteiger partial charge in [0.05, 0.1) is 12.7 Å². The summed E-state index contributed by atoms with van der Waals surface area (Å²) < 4.78 is 15.4. The molecule has 0 aliphatic carbocycles. The summed E-state index contributed by atoms with van der Waals surface area (Å²) in [6, 6.07) is 6.65.